The maximum absolute atomic E-state index is 13.9. The van der Waals surface area contributed by atoms with E-state index in [0.29, 0.717) is 25.7 Å². The van der Waals surface area contributed by atoms with Gasteiger partial charge in [0.25, 0.3) is 5.91 Å². The van der Waals surface area contributed by atoms with Gasteiger partial charge in [0.15, 0.2) is 5.83 Å². The lowest BCUT2D eigenvalue weighted by atomic mass is 10.1. The highest BCUT2D eigenvalue weighted by atomic mass is 35.5. The number of benzene rings is 2. The minimum absolute atomic E-state index is 0.342. The first kappa shape index (κ1) is 27.4. The summed E-state index contributed by atoms with van der Waals surface area (Å²) in [4.78, 5) is 34.0. The predicted octanol–water partition coefficient (Wildman–Crippen LogP) is 4.30. The van der Waals surface area contributed by atoms with Gasteiger partial charge in [-0.15, -0.1) is 0 Å². The second-order valence-electron chi connectivity index (χ2n) is 12.4. The fourth-order valence-electron chi connectivity index (χ4n) is 6.89. The van der Waals surface area contributed by atoms with E-state index in [1.54, 1.807) is 4.90 Å². The molecule has 2 aromatic carbocycles. The minimum Gasteiger partial charge on any atom is -0.370 e. The van der Waals surface area contributed by atoms with Crippen LogP contribution in [0.25, 0.3) is 10.8 Å². The zero-order valence-corrected chi connectivity index (χ0v) is 25.1. The highest BCUT2D eigenvalue weighted by Crippen LogP contribution is 2.46. The summed E-state index contributed by atoms with van der Waals surface area (Å²) < 4.78 is 13.9. The van der Waals surface area contributed by atoms with Crippen LogP contribution in [0.2, 0.25) is 5.02 Å². The number of carbonyl (C=O) groups is 1. The molecule has 0 radical (unpaired) electrons. The van der Waals surface area contributed by atoms with Crippen molar-refractivity contribution in [2.24, 2.45) is 0 Å². The van der Waals surface area contributed by atoms with E-state index >= 15 is 0 Å². The Balaban J connectivity index is 1.22. The molecular formula is C32H37ClFN7O. The van der Waals surface area contributed by atoms with Crippen molar-refractivity contribution in [2.45, 2.75) is 37.3 Å². The summed E-state index contributed by atoms with van der Waals surface area (Å²) in [5.74, 6) is 0.298. The first-order valence-electron chi connectivity index (χ1n) is 14.9. The fourth-order valence-corrected chi connectivity index (χ4v) is 7.17. The monoisotopic (exact) mass is 589 g/mol. The molecule has 3 fully saturated rings. The van der Waals surface area contributed by atoms with Gasteiger partial charge in [-0.25, -0.2) is 9.37 Å². The summed E-state index contributed by atoms with van der Waals surface area (Å²) in [6.07, 6.45) is 3.35. The van der Waals surface area contributed by atoms with Crippen molar-refractivity contribution in [3.05, 3.63) is 65.1 Å². The quantitative estimate of drug-likeness (QED) is 0.411. The molecule has 1 aliphatic carbocycles. The molecule has 4 heterocycles. The van der Waals surface area contributed by atoms with Crippen LogP contribution < -0.4 is 14.7 Å². The zero-order valence-electron chi connectivity index (χ0n) is 24.3. The van der Waals surface area contributed by atoms with Gasteiger partial charge in [0.1, 0.15) is 5.82 Å². The Labute approximate surface area is 251 Å². The summed E-state index contributed by atoms with van der Waals surface area (Å²) in [7, 11) is 4.22. The number of carbonyl (C=O) groups excluding carboxylic acids is 1. The molecule has 0 unspecified atom stereocenters. The molecule has 1 aromatic heterocycles. The average Bonchev–Trinajstić information content (AvgIpc) is 3.74. The number of likely N-dealkylation sites (N-methyl/N-ethyl adjacent to an activating group) is 1. The molecule has 1 saturated carbocycles. The van der Waals surface area contributed by atoms with E-state index in [2.05, 4.69) is 64.5 Å². The first-order chi connectivity index (χ1) is 20.2. The van der Waals surface area contributed by atoms with E-state index < -0.39 is 11.7 Å². The number of hydrogen-bond acceptors (Lipinski definition) is 7. The van der Waals surface area contributed by atoms with Crippen LogP contribution in [-0.4, -0.2) is 97.2 Å². The van der Waals surface area contributed by atoms with Crippen LogP contribution in [-0.2, 0) is 17.6 Å². The molecule has 220 valence electrons. The molecule has 3 aromatic rings. The van der Waals surface area contributed by atoms with Crippen molar-refractivity contribution >= 4 is 45.7 Å². The standard InChI is InChI=1S/C32H37ClFN7O/c1-21(34)30(42)41-17-16-39(20-32(41)12-13-32)29-24-10-14-38(27-9-5-7-22-6-4-8-25(33)28(22)27)15-11-26(24)35-31(36-29)40-18-23(19-40)37(2)3/h4-9,23H,1,10-20H2,2-3H3. The van der Waals surface area contributed by atoms with Gasteiger partial charge in [-0.05, 0) is 50.9 Å². The summed E-state index contributed by atoms with van der Waals surface area (Å²) >= 11 is 6.71. The van der Waals surface area contributed by atoms with Gasteiger partial charge in [0, 0.05) is 74.9 Å². The van der Waals surface area contributed by atoms with E-state index in [4.69, 9.17) is 21.6 Å². The van der Waals surface area contributed by atoms with Crippen LogP contribution >= 0.6 is 11.6 Å². The number of fused-ring (bicyclic) bond motifs is 2. The number of halogens is 2. The van der Waals surface area contributed by atoms with Crippen molar-refractivity contribution in [2.75, 3.05) is 74.6 Å². The molecule has 2 saturated heterocycles. The normalized spacial score (nSPS) is 20.1. The van der Waals surface area contributed by atoms with Crippen LogP contribution in [0.15, 0.2) is 48.8 Å². The van der Waals surface area contributed by atoms with Crippen molar-refractivity contribution in [1.82, 2.24) is 19.8 Å². The van der Waals surface area contributed by atoms with Crippen LogP contribution in [0.5, 0.6) is 0 Å². The van der Waals surface area contributed by atoms with Crippen LogP contribution in [0.4, 0.5) is 21.8 Å². The van der Waals surface area contributed by atoms with Crippen molar-refractivity contribution in [3.8, 4) is 0 Å². The molecule has 7 rings (SSSR count). The number of hydrogen-bond donors (Lipinski definition) is 0. The zero-order chi connectivity index (χ0) is 29.2. The molecule has 1 amide bonds. The topological polar surface area (TPSA) is 59.1 Å². The Morgan fingerprint density at radius 1 is 1.00 bits per heavy atom. The number of nitrogens with zero attached hydrogens (tertiary/aromatic N) is 7. The predicted molar refractivity (Wildman–Crippen MR) is 166 cm³/mol. The number of piperazine rings is 1. The number of amides is 1. The maximum Gasteiger partial charge on any atom is 0.282 e. The minimum atomic E-state index is -0.880. The van der Waals surface area contributed by atoms with E-state index in [9.17, 15) is 9.18 Å². The van der Waals surface area contributed by atoms with Gasteiger partial charge in [-0.2, -0.15) is 4.98 Å². The molecule has 3 aliphatic heterocycles. The third-order valence-corrected chi connectivity index (χ3v) is 9.93. The van der Waals surface area contributed by atoms with Gasteiger partial charge in [-0.3, -0.25) is 4.79 Å². The van der Waals surface area contributed by atoms with E-state index in [0.717, 1.165) is 90.8 Å². The molecule has 0 bridgehead atoms. The number of anilines is 3. The highest BCUT2D eigenvalue weighted by molar-refractivity contribution is 6.36. The van der Waals surface area contributed by atoms with E-state index in [1.165, 1.54) is 5.56 Å². The number of rotatable bonds is 5. The molecule has 42 heavy (non-hydrogen) atoms. The van der Waals surface area contributed by atoms with Gasteiger partial charge in [0.05, 0.1) is 16.3 Å². The Bertz CT molecular complexity index is 1560. The van der Waals surface area contributed by atoms with Crippen molar-refractivity contribution in [3.63, 3.8) is 0 Å². The average molecular weight is 590 g/mol. The smallest absolute Gasteiger partial charge is 0.282 e. The van der Waals surface area contributed by atoms with Crippen molar-refractivity contribution in [1.29, 1.82) is 0 Å². The van der Waals surface area contributed by atoms with Crippen molar-refractivity contribution < 1.29 is 9.18 Å². The molecule has 0 atom stereocenters. The second-order valence-corrected chi connectivity index (χ2v) is 12.8. The SMILES string of the molecule is C=C(F)C(=O)N1CCN(c2nc(N3CC(N(C)C)C3)nc3c2CCN(c2cccc4cccc(Cl)c24)CC3)CC12CC2. The van der Waals surface area contributed by atoms with E-state index in [1.807, 2.05) is 12.1 Å². The fraction of sp³-hybridized carbons (Fsp3) is 0.469. The third-order valence-electron chi connectivity index (χ3n) is 9.61. The number of aromatic nitrogens is 2. The third kappa shape index (κ3) is 4.67. The van der Waals surface area contributed by atoms with Gasteiger partial charge in [0.2, 0.25) is 5.95 Å². The molecular weight excluding hydrogens is 553 g/mol. The van der Waals surface area contributed by atoms with Gasteiger partial charge >= 0.3 is 0 Å². The maximum atomic E-state index is 13.9. The van der Waals surface area contributed by atoms with Crippen LogP contribution in [0, 0.1) is 0 Å². The van der Waals surface area contributed by atoms with Crippen LogP contribution in [0.1, 0.15) is 24.1 Å². The van der Waals surface area contributed by atoms with Gasteiger partial charge in [-0.1, -0.05) is 42.4 Å². The van der Waals surface area contributed by atoms with E-state index in [-0.39, 0.29) is 5.54 Å². The lowest BCUT2D eigenvalue weighted by Crippen LogP contribution is -2.59. The lowest BCUT2D eigenvalue weighted by Gasteiger charge is -2.45. The summed E-state index contributed by atoms with van der Waals surface area (Å²) in [5.41, 5.74) is 3.08. The van der Waals surface area contributed by atoms with Crippen LogP contribution in [0.3, 0.4) is 0 Å². The Kier molecular flexibility index (Phi) is 6.77. The molecule has 4 aliphatic rings. The first-order valence-corrected chi connectivity index (χ1v) is 15.3. The lowest BCUT2D eigenvalue weighted by molar-refractivity contribution is -0.132. The second kappa shape index (κ2) is 10.4. The summed E-state index contributed by atoms with van der Waals surface area (Å²) in [6, 6.07) is 12.9. The molecule has 10 heteroatoms. The van der Waals surface area contributed by atoms with Gasteiger partial charge < -0.3 is 24.5 Å². The summed E-state index contributed by atoms with van der Waals surface area (Å²) in [5, 5.41) is 2.98. The Hall–Kier alpha value is -3.43. The Morgan fingerprint density at radius 3 is 2.45 bits per heavy atom. The summed E-state index contributed by atoms with van der Waals surface area (Å²) in [6.45, 7) is 8.45. The Morgan fingerprint density at radius 2 is 1.74 bits per heavy atom. The molecule has 0 N–H and O–H groups in total. The highest BCUT2D eigenvalue weighted by Gasteiger charge is 2.54. The molecule has 8 nitrogen and oxygen atoms in total. The molecule has 1 spiro atoms. The largest absolute Gasteiger partial charge is 0.370 e.